The predicted octanol–water partition coefficient (Wildman–Crippen LogP) is 5.77. The first-order chi connectivity index (χ1) is 16.7. The molecular formula is C25H24F3N5OS. The third-order valence-corrected chi connectivity index (χ3v) is 7.86. The fraction of sp³-hybridized carbons (Fsp3) is 0.400. The summed E-state index contributed by atoms with van der Waals surface area (Å²) in [4.78, 5) is 32.2. The standard InChI is InChI=1S/C25H24F3N5OS/c1-14-11-30-20-10-18(16-5-7-17(8-6-16)22-15(2)31-13-35-22)24(34)33(23(20)32-14)12-21-19(25(26,27)28)4-3-9-29-21/h3-4,9-11,13,16-17H,5-8,12H2,1-2H3. The van der Waals surface area contributed by atoms with E-state index in [1.54, 1.807) is 30.5 Å². The third kappa shape index (κ3) is 4.59. The number of nitrogens with zero attached hydrogens (tertiary/aromatic N) is 5. The van der Waals surface area contributed by atoms with Gasteiger partial charge < -0.3 is 0 Å². The maximum atomic E-state index is 13.7. The Hall–Kier alpha value is -3.14. The number of aryl methyl sites for hydroxylation is 2. The Morgan fingerprint density at radius 1 is 1.09 bits per heavy atom. The van der Waals surface area contributed by atoms with E-state index in [1.165, 1.54) is 21.7 Å². The quantitative estimate of drug-likeness (QED) is 0.357. The summed E-state index contributed by atoms with van der Waals surface area (Å²) in [6, 6.07) is 4.00. The van der Waals surface area contributed by atoms with Gasteiger partial charge in [0.1, 0.15) is 5.52 Å². The zero-order valence-electron chi connectivity index (χ0n) is 19.3. The minimum absolute atomic E-state index is 0.0107. The van der Waals surface area contributed by atoms with E-state index in [0.29, 0.717) is 22.7 Å². The average molecular weight is 500 g/mol. The summed E-state index contributed by atoms with van der Waals surface area (Å²) in [5.74, 6) is 0.434. The topological polar surface area (TPSA) is 73.6 Å². The van der Waals surface area contributed by atoms with Crippen LogP contribution in [0.2, 0.25) is 0 Å². The van der Waals surface area contributed by atoms with Crippen LogP contribution < -0.4 is 5.56 Å². The van der Waals surface area contributed by atoms with E-state index in [-0.39, 0.29) is 29.4 Å². The SMILES string of the molecule is Cc1cnc2cc(C3CCC(c4scnc4C)CC3)c(=O)n(Cc3ncccc3C(F)(F)F)c2n1. The molecular weight excluding hydrogens is 475 g/mol. The normalized spacial score (nSPS) is 18.8. The smallest absolute Gasteiger partial charge is 0.285 e. The van der Waals surface area contributed by atoms with Crippen molar-refractivity contribution in [3.8, 4) is 0 Å². The second kappa shape index (κ2) is 9.14. The molecule has 35 heavy (non-hydrogen) atoms. The molecule has 4 aromatic heterocycles. The lowest BCUT2D eigenvalue weighted by Gasteiger charge is -2.28. The van der Waals surface area contributed by atoms with E-state index in [0.717, 1.165) is 37.4 Å². The van der Waals surface area contributed by atoms with E-state index in [9.17, 15) is 18.0 Å². The number of aromatic nitrogens is 5. The molecule has 4 heterocycles. The number of rotatable bonds is 4. The number of halogens is 3. The van der Waals surface area contributed by atoms with Gasteiger partial charge in [-0.25, -0.2) is 9.97 Å². The number of fused-ring (bicyclic) bond motifs is 1. The molecule has 4 aromatic rings. The fourth-order valence-electron chi connectivity index (χ4n) is 5.02. The van der Waals surface area contributed by atoms with Crippen molar-refractivity contribution >= 4 is 22.5 Å². The molecule has 0 aliphatic heterocycles. The van der Waals surface area contributed by atoms with Crippen molar-refractivity contribution in [1.29, 1.82) is 0 Å². The number of hydrogen-bond acceptors (Lipinski definition) is 6. The Morgan fingerprint density at radius 3 is 2.51 bits per heavy atom. The number of thiazole rings is 1. The van der Waals surface area contributed by atoms with Crippen LogP contribution in [-0.2, 0) is 12.7 Å². The molecule has 1 aliphatic carbocycles. The third-order valence-electron chi connectivity index (χ3n) is 6.77. The lowest BCUT2D eigenvalue weighted by Crippen LogP contribution is -2.29. The molecule has 0 radical (unpaired) electrons. The van der Waals surface area contributed by atoms with Gasteiger partial charge in [-0.05, 0) is 69.6 Å². The van der Waals surface area contributed by atoms with Crippen molar-refractivity contribution in [1.82, 2.24) is 24.5 Å². The first-order valence-electron chi connectivity index (χ1n) is 11.5. The summed E-state index contributed by atoms with van der Waals surface area (Å²) in [6.07, 6.45) is 1.84. The molecule has 0 N–H and O–H groups in total. The molecule has 0 aromatic carbocycles. The Bertz CT molecular complexity index is 1440. The minimum Gasteiger partial charge on any atom is -0.285 e. The zero-order valence-corrected chi connectivity index (χ0v) is 20.2. The van der Waals surface area contributed by atoms with Crippen molar-refractivity contribution < 1.29 is 13.2 Å². The average Bonchev–Trinajstić information content (AvgIpc) is 3.26. The predicted molar refractivity (Wildman–Crippen MR) is 128 cm³/mol. The van der Waals surface area contributed by atoms with Crippen LogP contribution in [0, 0.1) is 13.8 Å². The van der Waals surface area contributed by atoms with Gasteiger partial charge in [-0.1, -0.05) is 0 Å². The summed E-state index contributed by atoms with van der Waals surface area (Å²) < 4.78 is 42.2. The Kier molecular flexibility index (Phi) is 6.16. The number of pyridine rings is 2. The molecule has 6 nitrogen and oxygen atoms in total. The molecule has 5 rings (SSSR count). The van der Waals surface area contributed by atoms with Gasteiger partial charge in [-0.15, -0.1) is 11.3 Å². The first kappa shape index (κ1) is 23.6. The summed E-state index contributed by atoms with van der Waals surface area (Å²) in [6.45, 7) is 3.43. The van der Waals surface area contributed by atoms with Gasteiger partial charge in [0.05, 0.1) is 34.7 Å². The Morgan fingerprint density at radius 2 is 1.83 bits per heavy atom. The molecule has 0 spiro atoms. The maximum Gasteiger partial charge on any atom is 0.418 e. The zero-order chi connectivity index (χ0) is 24.7. The first-order valence-corrected chi connectivity index (χ1v) is 12.4. The number of alkyl halides is 3. The van der Waals surface area contributed by atoms with Crippen molar-refractivity contribution in [2.75, 3.05) is 0 Å². The van der Waals surface area contributed by atoms with E-state index < -0.39 is 11.7 Å². The summed E-state index contributed by atoms with van der Waals surface area (Å²) in [5.41, 5.74) is 3.46. The molecule has 1 aliphatic rings. The van der Waals surface area contributed by atoms with Gasteiger partial charge >= 0.3 is 6.18 Å². The van der Waals surface area contributed by atoms with Crippen molar-refractivity contribution in [3.05, 3.63) is 79.5 Å². The highest BCUT2D eigenvalue weighted by Crippen LogP contribution is 2.42. The summed E-state index contributed by atoms with van der Waals surface area (Å²) >= 11 is 1.67. The highest BCUT2D eigenvalue weighted by atomic mass is 32.1. The van der Waals surface area contributed by atoms with E-state index in [1.807, 2.05) is 12.4 Å². The molecule has 10 heteroatoms. The van der Waals surface area contributed by atoms with Crippen LogP contribution in [0.1, 0.15) is 70.6 Å². The molecule has 0 atom stereocenters. The second-order valence-electron chi connectivity index (χ2n) is 9.06. The molecule has 0 unspecified atom stereocenters. The van der Waals surface area contributed by atoms with Crippen LogP contribution in [0.25, 0.3) is 11.2 Å². The molecule has 1 saturated carbocycles. The van der Waals surface area contributed by atoms with Crippen molar-refractivity contribution in [3.63, 3.8) is 0 Å². The van der Waals surface area contributed by atoms with E-state index >= 15 is 0 Å². The van der Waals surface area contributed by atoms with E-state index in [4.69, 9.17) is 0 Å². The fourth-order valence-corrected chi connectivity index (χ4v) is 5.99. The lowest BCUT2D eigenvalue weighted by molar-refractivity contribution is -0.138. The lowest BCUT2D eigenvalue weighted by atomic mass is 9.78. The van der Waals surface area contributed by atoms with Crippen LogP contribution in [0.3, 0.4) is 0 Å². The van der Waals surface area contributed by atoms with Crippen LogP contribution in [0.15, 0.2) is 40.9 Å². The van der Waals surface area contributed by atoms with Crippen LogP contribution in [0.5, 0.6) is 0 Å². The van der Waals surface area contributed by atoms with Gasteiger partial charge in [0, 0.05) is 22.8 Å². The second-order valence-corrected chi connectivity index (χ2v) is 9.94. The largest absolute Gasteiger partial charge is 0.418 e. The van der Waals surface area contributed by atoms with Gasteiger partial charge in [0.25, 0.3) is 5.56 Å². The minimum atomic E-state index is -4.57. The summed E-state index contributed by atoms with van der Waals surface area (Å²) in [7, 11) is 0. The molecule has 0 amide bonds. The molecule has 0 saturated heterocycles. The van der Waals surface area contributed by atoms with Gasteiger partial charge in [0.2, 0.25) is 0 Å². The Labute approximate surface area is 203 Å². The van der Waals surface area contributed by atoms with Gasteiger partial charge in [0.15, 0.2) is 5.65 Å². The van der Waals surface area contributed by atoms with Crippen LogP contribution in [-0.4, -0.2) is 24.5 Å². The summed E-state index contributed by atoms with van der Waals surface area (Å²) in [5, 5.41) is 0. The van der Waals surface area contributed by atoms with Crippen LogP contribution in [0.4, 0.5) is 13.2 Å². The van der Waals surface area contributed by atoms with Gasteiger partial charge in [-0.3, -0.25) is 19.3 Å². The molecule has 1 fully saturated rings. The number of hydrogen-bond donors (Lipinski definition) is 0. The monoisotopic (exact) mass is 499 g/mol. The van der Waals surface area contributed by atoms with Crippen LogP contribution >= 0.6 is 11.3 Å². The highest BCUT2D eigenvalue weighted by Gasteiger charge is 2.34. The van der Waals surface area contributed by atoms with E-state index in [2.05, 4.69) is 19.9 Å². The highest BCUT2D eigenvalue weighted by molar-refractivity contribution is 7.09. The van der Waals surface area contributed by atoms with Gasteiger partial charge in [-0.2, -0.15) is 13.2 Å². The van der Waals surface area contributed by atoms with Crippen molar-refractivity contribution in [2.45, 2.75) is 64.1 Å². The Balaban J connectivity index is 1.54. The maximum absolute atomic E-state index is 13.7. The molecule has 0 bridgehead atoms. The molecule has 182 valence electrons. The van der Waals surface area contributed by atoms with Crippen molar-refractivity contribution in [2.24, 2.45) is 0 Å².